The molecule has 2 aliphatic carbocycles. The summed E-state index contributed by atoms with van der Waals surface area (Å²) in [6, 6.07) is 1.25. The Hall–Kier alpha value is -1.64. The predicted octanol–water partition coefficient (Wildman–Crippen LogP) is 2.05. The number of nitrogens with zero attached hydrogens (tertiary/aromatic N) is 2. The molecule has 4 rings (SSSR count). The SMILES string of the molecule is CC1CN(C)CC(C)N1S(=O)(=O)NC(=O)Nc1c2c(cc3c1CCC3)CCC2. The molecule has 7 nitrogen and oxygen atoms in total. The van der Waals surface area contributed by atoms with E-state index in [1.54, 1.807) is 0 Å². The molecule has 1 heterocycles. The number of fused-ring (bicyclic) bond motifs is 2. The molecular weight excluding hydrogens is 376 g/mol. The summed E-state index contributed by atoms with van der Waals surface area (Å²) < 4.78 is 29.5. The first-order chi connectivity index (χ1) is 13.3. The number of aryl methyl sites for hydroxylation is 2. The van der Waals surface area contributed by atoms with Crippen LogP contribution in [0.15, 0.2) is 6.07 Å². The summed E-state index contributed by atoms with van der Waals surface area (Å²) in [6.07, 6.45) is 6.13. The minimum Gasteiger partial charge on any atom is -0.307 e. The number of carbonyl (C=O) groups is 1. The third kappa shape index (κ3) is 3.53. The number of hydrogen-bond donors (Lipinski definition) is 2. The lowest BCUT2D eigenvalue weighted by Crippen LogP contribution is -2.60. The van der Waals surface area contributed by atoms with Crippen LogP contribution in [0, 0.1) is 0 Å². The Kier molecular flexibility index (Phi) is 5.14. The number of amides is 2. The van der Waals surface area contributed by atoms with Crippen LogP contribution in [0.1, 0.15) is 48.9 Å². The van der Waals surface area contributed by atoms with Gasteiger partial charge in [-0.1, -0.05) is 6.07 Å². The molecule has 1 aromatic rings. The van der Waals surface area contributed by atoms with Crippen LogP contribution in [0.25, 0.3) is 0 Å². The number of piperazine rings is 1. The molecule has 2 unspecified atom stereocenters. The van der Waals surface area contributed by atoms with Gasteiger partial charge in [0, 0.05) is 30.9 Å². The summed E-state index contributed by atoms with van der Waals surface area (Å²) in [5.74, 6) is 0. The van der Waals surface area contributed by atoms with E-state index in [0.717, 1.165) is 44.2 Å². The Morgan fingerprint density at radius 3 is 2.07 bits per heavy atom. The van der Waals surface area contributed by atoms with E-state index in [9.17, 15) is 13.2 Å². The average Bonchev–Trinajstić information content (AvgIpc) is 3.21. The highest BCUT2D eigenvalue weighted by Gasteiger charge is 2.37. The third-order valence-electron chi connectivity index (χ3n) is 6.23. The van der Waals surface area contributed by atoms with Crippen molar-refractivity contribution in [2.45, 2.75) is 64.5 Å². The quantitative estimate of drug-likeness (QED) is 0.805. The second-order valence-electron chi connectivity index (χ2n) is 8.54. The highest BCUT2D eigenvalue weighted by molar-refractivity contribution is 7.87. The number of benzene rings is 1. The fraction of sp³-hybridized carbons (Fsp3) is 0.650. The second-order valence-corrected chi connectivity index (χ2v) is 10.1. The normalized spacial score (nSPS) is 25.4. The molecule has 154 valence electrons. The van der Waals surface area contributed by atoms with Crippen LogP contribution in [-0.2, 0) is 35.9 Å². The van der Waals surface area contributed by atoms with Crippen molar-refractivity contribution in [1.29, 1.82) is 0 Å². The summed E-state index contributed by atoms with van der Waals surface area (Å²) >= 11 is 0. The monoisotopic (exact) mass is 406 g/mol. The number of nitrogens with one attached hydrogen (secondary N) is 2. The molecule has 1 aromatic carbocycles. The van der Waals surface area contributed by atoms with Gasteiger partial charge in [-0.15, -0.1) is 0 Å². The highest BCUT2D eigenvalue weighted by Crippen LogP contribution is 2.38. The van der Waals surface area contributed by atoms with E-state index in [-0.39, 0.29) is 12.1 Å². The van der Waals surface area contributed by atoms with Crippen LogP contribution in [0.3, 0.4) is 0 Å². The van der Waals surface area contributed by atoms with Crippen molar-refractivity contribution in [1.82, 2.24) is 13.9 Å². The van der Waals surface area contributed by atoms with Gasteiger partial charge in [0.1, 0.15) is 0 Å². The van der Waals surface area contributed by atoms with Gasteiger partial charge in [-0.2, -0.15) is 12.7 Å². The van der Waals surface area contributed by atoms with Gasteiger partial charge in [-0.05, 0) is 81.7 Å². The van der Waals surface area contributed by atoms with E-state index in [0.29, 0.717) is 13.1 Å². The van der Waals surface area contributed by atoms with E-state index in [2.05, 4.69) is 21.0 Å². The van der Waals surface area contributed by atoms with Crippen molar-refractivity contribution in [3.8, 4) is 0 Å². The Morgan fingerprint density at radius 1 is 1.00 bits per heavy atom. The molecule has 0 saturated carbocycles. The number of hydrogen-bond acceptors (Lipinski definition) is 4. The summed E-state index contributed by atoms with van der Waals surface area (Å²) in [5, 5.41) is 2.91. The number of carbonyl (C=O) groups excluding carboxylic acids is 1. The lowest BCUT2D eigenvalue weighted by molar-refractivity contribution is 0.122. The Labute approximate surface area is 167 Å². The molecule has 0 spiro atoms. The Bertz CT molecular complexity index is 855. The molecule has 2 amide bonds. The molecule has 8 heteroatoms. The van der Waals surface area contributed by atoms with Gasteiger partial charge in [0.25, 0.3) is 0 Å². The molecule has 0 bridgehead atoms. The molecule has 2 N–H and O–H groups in total. The number of rotatable bonds is 3. The van der Waals surface area contributed by atoms with E-state index in [1.165, 1.54) is 26.6 Å². The molecule has 1 fully saturated rings. The minimum absolute atomic E-state index is 0.190. The summed E-state index contributed by atoms with van der Waals surface area (Å²) in [4.78, 5) is 14.8. The van der Waals surface area contributed by atoms with Crippen molar-refractivity contribution >= 4 is 21.9 Å². The smallest absolute Gasteiger partial charge is 0.307 e. The first-order valence-electron chi connectivity index (χ1n) is 10.2. The molecule has 0 radical (unpaired) electrons. The summed E-state index contributed by atoms with van der Waals surface area (Å²) in [5.41, 5.74) is 5.85. The van der Waals surface area contributed by atoms with E-state index < -0.39 is 16.2 Å². The van der Waals surface area contributed by atoms with Crippen molar-refractivity contribution < 1.29 is 13.2 Å². The Morgan fingerprint density at radius 2 is 1.54 bits per heavy atom. The number of likely N-dealkylation sites (N-methyl/N-ethyl adjacent to an activating group) is 1. The van der Waals surface area contributed by atoms with Crippen molar-refractivity contribution in [2.24, 2.45) is 0 Å². The second kappa shape index (κ2) is 7.31. The molecule has 1 saturated heterocycles. The largest absolute Gasteiger partial charge is 0.333 e. The number of anilines is 1. The standard InChI is InChI=1S/C20H30N4O3S/c1-13-11-23(3)12-14(2)24(13)28(26,27)22-20(25)21-19-17-8-4-6-15(17)10-16-7-5-9-18(16)19/h10,13-14H,4-9,11-12H2,1-3H3,(H2,21,22,25). The lowest BCUT2D eigenvalue weighted by Gasteiger charge is -2.41. The molecule has 0 aromatic heterocycles. The fourth-order valence-electron chi connectivity index (χ4n) is 5.32. The first-order valence-corrected chi connectivity index (χ1v) is 11.7. The molecule has 3 aliphatic rings. The fourth-order valence-corrected chi connectivity index (χ4v) is 6.79. The van der Waals surface area contributed by atoms with Crippen LogP contribution in [-0.4, -0.2) is 55.9 Å². The number of urea groups is 1. The lowest BCUT2D eigenvalue weighted by atomic mass is 9.99. The van der Waals surface area contributed by atoms with Gasteiger partial charge in [0.15, 0.2) is 0 Å². The zero-order valence-electron chi connectivity index (χ0n) is 16.9. The zero-order valence-corrected chi connectivity index (χ0v) is 17.7. The van der Waals surface area contributed by atoms with Gasteiger partial charge in [-0.3, -0.25) is 0 Å². The predicted molar refractivity (Wildman–Crippen MR) is 110 cm³/mol. The van der Waals surface area contributed by atoms with Crippen molar-refractivity contribution in [2.75, 3.05) is 25.5 Å². The first kappa shape index (κ1) is 19.7. The zero-order chi connectivity index (χ0) is 20.1. The van der Waals surface area contributed by atoms with Crippen LogP contribution < -0.4 is 10.0 Å². The van der Waals surface area contributed by atoms with E-state index in [1.807, 2.05) is 20.9 Å². The average molecular weight is 407 g/mol. The van der Waals surface area contributed by atoms with E-state index >= 15 is 0 Å². The molecule has 28 heavy (non-hydrogen) atoms. The van der Waals surface area contributed by atoms with Crippen LogP contribution >= 0.6 is 0 Å². The maximum absolute atomic E-state index is 12.9. The van der Waals surface area contributed by atoms with Gasteiger partial charge in [0.2, 0.25) is 0 Å². The van der Waals surface area contributed by atoms with Crippen molar-refractivity contribution in [3.63, 3.8) is 0 Å². The minimum atomic E-state index is -3.91. The maximum atomic E-state index is 12.9. The molecular formula is C20H30N4O3S. The third-order valence-corrected chi connectivity index (χ3v) is 7.95. The van der Waals surface area contributed by atoms with Crippen LogP contribution in [0.2, 0.25) is 0 Å². The Balaban J connectivity index is 1.54. The van der Waals surface area contributed by atoms with E-state index in [4.69, 9.17) is 0 Å². The van der Waals surface area contributed by atoms with Gasteiger partial charge in [-0.25, -0.2) is 9.52 Å². The van der Waals surface area contributed by atoms with Crippen molar-refractivity contribution in [3.05, 3.63) is 28.3 Å². The van der Waals surface area contributed by atoms with Crippen LogP contribution in [0.5, 0.6) is 0 Å². The van der Waals surface area contributed by atoms with Gasteiger partial charge in [0.05, 0.1) is 0 Å². The van der Waals surface area contributed by atoms with Gasteiger partial charge >= 0.3 is 16.2 Å². The van der Waals surface area contributed by atoms with Gasteiger partial charge < -0.3 is 10.2 Å². The maximum Gasteiger partial charge on any atom is 0.333 e. The molecule has 2 atom stereocenters. The highest BCUT2D eigenvalue weighted by atomic mass is 32.2. The molecule has 1 aliphatic heterocycles. The topological polar surface area (TPSA) is 81.8 Å². The summed E-state index contributed by atoms with van der Waals surface area (Å²) in [6.45, 7) is 5.04. The van der Waals surface area contributed by atoms with Crippen LogP contribution in [0.4, 0.5) is 10.5 Å². The summed E-state index contributed by atoms with van der Waals surface area (Å²) in [7, 11) is -1.93.